The molecule has 110 valence electrons. The van der Waals surface area contributed by atoms with Crippen molar-refractivity contribution in [2.24, 2.45) is 5.92 Å². The van der Waals surface area contributed by atoms with Crippen molar-refractivity contribution in [2.75, 3.05) is 26.7 Å². The van der Waals surface area contributed by atoms with E-state index in [1.54, 1.807) is 12.0 Å². The first-order valence-corrected chi connectivity index (χ1v) is 6.86. The molecule has 0 bridgehead atoms. The first kappa shape index (κ1) is 15.8. The van der Waals surface area contributed by atoms with Crippen molar-refractivity contribution in [2.45, 2.75) is 38.7 Å². The summed E-state index contributed by atoms with van der Waals surface area (Å²) in [7, 11) is 1.65. The number of urea groups is 1. The molecule has 19 heavy (non-hydrogen) atoms. The van der Waals surface area contributed by atoms with Crippen molar-refractivity contribution in [3.8, 4) is 0 Å². The van der Waals surface area contributed by atoms with Crippen LogP contribution in [0.25, 0.3) is 0 Å². The van der Waals surface area contributed by atoms with Gasteiger partial charge in [-0.2, -0.15) is 0 Å². The first-order chi connectivity index (χ1) is 9.08. The van der Waals surface area contributed by atoms with Crippen molar-refractivity contribution in [3.05, 3.63) is 0 Å². The predicted molar refractivity (Wildman–Crippen MR) is 71.0 cm³/mol. The first-order valence-electron chi connectivity index (χ1n) is 6.86. The van der Waals surface area contributed by atoms with Crippen LogP contribution in [-0.2, 0) is 9.53 Å². The van der Waals surface area contributed by atoms with Crippen LogP contribution in [0.1, 0.15) is 32.6 Å². The van der Waals surface area contributed by atoms with E-state index in [0.717, 1.165) is 19.3 Å². The van der Waals surface area contributed by atoms with Crippen molar-refractivity contribution in [3.63, 3.8) is 0 Å². The lowest BCUT2D eigenvalue weighted by Gasteiger charge is -2.32. The number of methoxy groups -OCH3 is 1. The number of amides is 2. The molecule has 1 heterocycles. The van der Waals surface area contributed by atoms with E-state index < -0.39 is 11.9 Å². The van der Waals surface area contributed by atoms with Crippen LogP contribution in [0.4, 0.5) is 4.79 Å². The fraction of sp³-hybridized carbons (Fsp3) is 0.846. The van der Waals surface area contributed by atoms with Gasteiger partial charge in [-0.1, -0.05) is 13.3 Å². The quantitative estimate of drug-likeness (QED) is 0.764. The Hall–Kier alpha value is -1.30. The van der Waals surface area contributed by atoms with Crippen LogP contribution in [0.3, 0.4) is 0 Å². The van der Waals surface area contributed by atoms with Gasteiger partial charge in [0.15, 0.2) is 0 Å². The van der Waals surface area contributed by atoms with Crippen LogP contribution in [-0.4, -0.2) is 54.9 Å². The average Bonchev–Trinajstić information content (AvgIpc) is 2.42. The lowest BCUT2D eigenvalue weighted by Crippen LogP contribution is -2.48. The summed E-state index contributed by atoms with van der Waals surface area (Å²) in [5, 5.41) is 11.7. The van der Waals surface area contributed by atoms with Crippen LogP contribution < -0.4 is 5.32 Å². The molecule has 2 unspecified atom stereocenters. The van der Waals surface area contributed by atoms with Crippen molar-refractivity contribution >= 4 is 12.0 Å². The Balaban J connectivity index is 2.39. The number of carbonyl (C=O) groups is 2. The summed E-state index contributed by atoms with van der Waals surface area (Å²) in [5.74, 6) is -1.35. The minimum Gasteiger partial charge on any atom is -0.481 e. The monoisotopic (exact) mass is 272 g/mol. The molecule has 1 rings (SSSR count). The van der Waals surface area contributed by atoms with Crippen LogP contribution >= 0.6 is 0 Å². The third-order valence-corrected chi connectivity index (χ3v) is 3.48. The molecule has 1 saturated heterocycles. The van der Waals surface area contributed by atoms with E-state index in [2.05, 4.69) is 5.32 Å². The zero-order chi connectivity index (χ0) is 14.3. The second-order valence-electron chi connectivity index (χ2n) is 4.96. The van der Waals surface area contributed by atoms with E-state index in [1.165, 1.54) is 0 Å². The fourth-order valence-corrected chi connectivity index (χ4v) is 2.30. The molecule has 1 aliphatic heterocycles. The molecule has 0 saturated carbocycles. The Morgan fingerprint density at radius 1 is 1.53 bits per heavy atom. The molecule has 2 amide bonds. The Kier molecular flexibility index (Phi) is 6.62. The predicted octanol–water partition coefficient (Wildman–Crippen LogP) is 1.31. The molecule has 2 atom stereocenters. The van der Waals surface area contributed by atoms with E-state index in [0.29, 0.717) is 19.5 Å². The Morgan fingerprint density at radius 2 is 2.26 bits per heavy atom. The van der Waals surface area contributed by atoms with Crippen LogP contribution in [0.2, 0.25) is 0 Å². The third kappa shape index (κ3) is 5.06. The summed E-state index contributed by atoms with van der Waals surface area (Å²) in [6.45, 7) is 3.41. The summed E-state index contributed by atoms with van der Waals surface area (Å²) in [5.41, 5.74) is 0. The van der Waals surface area contributed by atoms with Gasteiger partial charge in [-0.15, -0.1) is 0 Å². The number of carboxylic acid groups (broad SMARTS) is 1. The molecule has 0 aliphatic carbocycles. The molecule has 1 fully saturated rings. The van der Waals surface area contributed by atoms with Crippen LogP contribution in [0.15, 0.2) is 0 Å². The summed E-state index contributed by atoms with van der Waals surface area (Å²) in [4.78, 5) is 24.6. The fourth-order valence-electron chi connectivity index (χ4n) is 2.30. The molecule has 6 nitrogen and oxygen atoms in total. The van der Waals surface area contributed by atoms with Crippen LogP contribution in [0, 0.1) is 5.92 Å². The van der Waals surface area contributed by atoms with Crippen molar-refractivity contribution in [1.29, 1.82) is 0 Å². The summed E-state index contributed by atoms with van der Waals surface area (Å²) in [6, 6.07) is -0.191. The van der Waals surface area contributed by atoms with Gasteiger partial charge < -0.3 is 20.1 Å². The maximum Gasteiger partial charge on any atom is 0.317 e. The molecular weight excluding hydrogens is 248 g/mol. The molecule has 0 spiro atoms. The molecule has 2 N–H and O–H groups in total. The second kappa shape index (κ2) is 7.99. The summed E-state index contributed by atoms with van der Waals surface area (Å²) >= 11 is 0. The molecular formula is C13H24N2O4. The zero-order valence-electron chi connectivity index (χ0n) is 11.7. The molecule has 1 aliphatic rings. The Labute approximate surface area is 114 Å². The number of aliphatic carboxylic acids is 1. The number of hydrogen-bond donors (Lipinski definition) is 2. The van der Waals surface area contributed by atoms with Gasteiger partial charge in [-0.25, -0.2) is 4.79 Å². The number of carbonyl (C=O) groups excluding carboxylic acids is 1. The Bertz CT molecular complexity index is 309. The van der Waals surface area contributed by atoms with Gasteiger partial charge in [0.1, 0.15) is 0 Å². The van der Waals surface area contributed by atoms with Gasteiger partial charge in [0.25, 0.3) is 0 Å². The third-order valence-electron chi connectivity index (χ3n) is 3.48. The maximum absolute atomic E-state index is 12.0. The minimum atomic E-state index is -0.851. The smallest absolute Gasteiger partial charge is 0.317 e. The molecule has 0 radical (unpaired) electrons. The van der Waals surface area contributed by atoms with Crippen molar-refractivity contribution < 1.29 is 19.4 Å². The van der Waals surface area contributed by atoms with E-state index in [9.17, 15) is 9.59 Å². The highest BCUT2D eigenvalue weighted by Crippen LogP contribution is 2.12. The lowest BCUT2D eigenvalue weighted by atomic mass is 10.0. The summed E-state index contributed by atoms with van der Waals surface area (Å²) in [6.07, 6.45) is 3.35. The minimum absolute atomic E-state index is 0.0883. The Morgan fingerprint density at radius 3 is 2.84 bits per heavy atom. The lowest BCUT2D eigenvalue weighted by molar-refractivity contribution is -0.141. The van der Waals surface area contributed by atoms with Crippen LogP contribution in [0.5, 0.6) is 0 Å². The van der Waals surface area contributed by atoms with E-state index in [4.69, 9.17) is 9.84 Å². The average molecular weight is 272 g/mol. The number of likely N-dealkylation sites (tertiary alicyclic amines) is 1. The van der Waals surface area contributed by atoms with Crippen molar-refractivity contribution in [1.82, 2.24) is 10.2 Å². The number of nitrogens with zero attached hydrogens (tertiary/aromatic N) is 1. The van der Waals surface area contributed by atoms with E-state index in [-0.39, 0.29) is 18.7 Å². The number of hydrogen-bond acceptors (Lipinski definition) is 3. The highest BCUT2D eigenvalue weighted by atomic mass is 16.5. The number of nitrogens with one attached hydrogen (secondary N) is 1. The number of carboxylic acids is 1. The van der Waals surface area contributed by atoms with Gasteiger partial charge in [-0.05, 0) is 19.3 Å². The largest absolute Gasteiger partial charge is 0.481 e. The molecule has 0 aromatic rings. The SMILES string of the molecule is CCCC(CNC(=O)N1CCCC(OC)C1)C(=O)O. The summed E-state index contributed by atoms with van der Waals surface area (Å²) < 4.78 is 5.26. The highest BCUT2D eigenvalue weighted by Gasteiger charge is 2.24. The van der Waals surface area contributed by atoms with Gasteiger partial charge in [0.05, 0.1) is 12.0 Å². The molecule has 0 aromatic heterocycles. The van der Waals surface area contributed by atoms with E-state index in [1.807, 2.05) is 6.92 Å². The van der Waals surface area contributed by atoms with Gasteiger partial charge in [0, 0.05) is 26.7 Å². The number of rotatable bonds is 6. The highest BCUT2D eigenvalue weighted by molar-refractivity contribution is 5.76. The van der Waals surface area contributed by atoms with Gasteiger partial charge >= 0.3 is 12.0 Å². The number of piperidine rings is 1. The molecule has 0 aromatic carbocycles. The van der Waals surface area contributed by atoms with Gasteiger partial charge in [-0.3, -0.25) is 4.79 Å². The topological polar surface area (TPSA) is 78.9 Å². The normalized spacial score (nSPS) is 20.9. The molecule has 6 heteroatoms. The zero-order valence-corrected chi connectivity index (χ0v) is 11.7. The van der Waals surface area contributed by atoms with E-state index >= 15 is 0 Å². The maximum atomic E-state index is 12.0. The van der Waals surface area contributed by atoms with Gasteiger partial charge in [0.2, 0.25) is 0 Å². The standard InChI is InChI=1S/C13H24N2O4/c1-3-5-10(12(16)17)8-14-13(18)15-7-4-6-11(9-15)19-2/h10-11H,3-9H2,1-2H3,(H,14,18)(H,16,17). The number of ether oxygens (including phenoxy) is 1. The second-order valence-corrected chi connectivity index (χ2v) is 4.96.